The van der Waals surface area contributed by atoms with Gasteiger partial charge in [-0.25, -0.2) is 0 Å². The Morgan fingerprint density at radius 1 is 1.44 bits per heavy atom. The van der Waals surface area contributed by atoms with Crippen LogP contribution in [0.2, 0.25) is 0 Å². The zero-order valence-electron chi connectivity index (χ0n) is 8.05. The Bertz CT molecular complexity index is 413. The number of carboxylic acids is 1. The van der Waals surface area contributed by atoms with Gasteiger partial charge in [-0.15, -0.1) is 0 Å². The van der Waals surface area contributed by atoms with Gasteiger partial charge in [0.2, 0.25) is 0 Å². The van der Waals surface area contributed by atoms with Crippen molar-refractivity contribution in [2.24, 2.45) is 5.73 Å². The number of halogens is 1. The molecule has 88 valence electrons. The first-order valence-corrected chi connectivity index (χ1v) is 4.99. The van der Waals surface area contributed by atoms with E-state index in [0.29, 0.717) is 0 Å². The monoisotopic (exact) mass is 247 g/mol. The molecule has 0 fully saturated rings. The minimum Gasteiger partial charge on any atom is -0.504 e. The van der Waals surface area contributed by atoms with Crippen molar-refractivity contribution >= 4 is 18.1 Å². The maximum atomic E-state index is 12.5. The third-order valence-electron chi connectivity index (χ3n) is 2.00. The molecule has 0 radical (unpaired) electrons. The molecule has 0 unspecified atom stereocenters. The van der Waals surface area contributed by atoms with Crippen molar-refractivity contribution in [3.8, 4) is 11.5 Å². The zero-order valence-corrected chi connectivity index (χ0v) is 8.87. The minimum absolute atomic E-state index is 0.0343. The van der Waals surface area contributed by atoms with E-state index in [2.05, 4.69) is 0 Å². The molecule has 5 nitrogen and oxygen atoms in total. The molecule has 1 aromatic rings. The smallest absolute Gasteiger partial charge is 0.320 e. The van der Waals surface area contributed by atoms with Crippen molar-refractivity contribution in [2.45, 2.75) is 17.4 Å². The van der Waals surface area contributed by atoms with Gasteiger partial charge in [0, 0.05) is 11.0 Å². The van der Waals surface area contributed by atoms with E-state index in [9.17, 15) is 13.8 Å². The summed E-state index contributed by atoms with van der Waals surface area (Å²) in [6.07, 6.45) is -0.130. The highest BCUT2D eigenvalue weighted by Crippen LogP contribution is 2.34. The number of hydrogen-bond acceptors (Lipinski definition) is 5. The molecule has 1 rings (SSSR count). The number of carbonyl (C=O) groups is 1. The molecule has 1 atom stereocenters. The van der Waals surface area contributed by atoms with Crippen LogP contribution in [0, 0.1) is 0 Å². The first-order valence-electron chi connectivity index (χ1n) is 4.27. The van der Waals surface area contributed by atoms with Crippen LogP contribution in [0.5, 0.6) is 11.5 Å². The van der Waals surface area contributed by atoms with E-state index in [1.807, 2.05) is 0 Å². The summed E-state index contributed by atoms with van der Waals surface area (Å²) in [5, 5.41) is 26.9. The fourth-order valence-electron chi connectivity index (χ4n) is 1.16. The lowest BCUT2D eigenvalue weighted by Crippen LogP contribution is -2.32. The zero-order chi connectivity index (χ0) is 12.3. The van der Waals surface area contributed by atoms with Crippen molar-refractivity contribution in [1.82, 2.24) is 0 Å². The summed E-state index contributed by atoms with van der Waals surface area (Å²) >= 11 is -0.148. The average Bonchev–Trinajstić information content (AvgIpc) is 2.22. The van der Waals surface area contributed by atoms with Gasteiger partial charge >= 0.3 is 5.97 Å². The summed E-state index contributed by atoms with van der Waals surface area (Å²) < 4.78 is 12.5. The minimum atomic E-state index is -1.22. The molecule has 16 heavy (non-hydrogen) atoms. The second kappa shape index (κ2) is 5.04. The standard InChI is InChI=1S/C9H10FNO4S/c10-16-8-3-7(13)6(12)2-4(8)1-5(11)9(14)15/h2-3,5,12-13H,1,11H2,(H,14,15)/t5-/m0/s1. The SMILES string of the molecule is N[C@@H](Cc1cc(O)c(O)cc1SF)C(=O)O. The molecule has 0 aliphatic carbocycles. The van der Waals surface area contributed by atoms with Gasteiger partial charge in [0.05, 0.1) is 12.1 Å². The molecular weight excluding hydrogens is 237 g/mol. The summed E-state index contributed by atoms with van der Waals surface area (Å²) in [4.78, 5) is 10.6. The maximum Gasteiger partial charge on any atom is 0.320 e. The van der Waals surface area contributed by atoms with Gasteiger partial charge in [-0.3, -0.25) is 4.79 Å². The molecule has 1 aromatic carbocycles. The van der Waals surface area contributed by atoms with Crippen LogP contribution in [-0.4, -0.2) is 27.3 Å². The van der Waals surface area contributed by atoms with Gasteiger partial charge < -0.3 is 21.1 Å². The molecule has 0 saturated heterocycles. The predicted molar refractivity (Wildman–Crippen MR) is 56.1 cm³/mol. The van der Waals surface area contributed by atoms with Crippen LogP contribution in [0.4, 0.5) is 3.89 Å². The van der Waals surface area contributed by atoms with Crippen LogP contribution in [0.25, 0.3) is 0 Å². The lowest BCUT2D eigenvalue weighted by molar-refractivity contribution is -0.138. The van der Waals surface area contributed by atoms with Gasteiger partial charge in [-0.05, 0) is 18.1 Å². The van der Waals surface area contributed by atoms with Gasteiger partial charge in [0.25, 0.3) is 0 Å². The van der Waals surface area contributed by atoms with Crippen molar-refractivity contribution < 1.29 is 24.0 Å². The fraction of sp³-hybridized carbons (Fsp3) is 0.222. The molecule has 0 saturated carbocycles. The van der Waals surface area contributed by atoms with Crippen LogP contribution < -0.4 is 5.73 Å². The maximum absolute atomic E-state index is 12.5. The summed E-state index contributed by atoms with van der Waals surface area (Å²) in [6.45, 7) is 0. The number of hydrogen-bond donors (Lipinski definition) is 4. The average molecular weight is 247 g/mol. The van der Waals surface area contributed by atoms with Gasteiger partial charge in [0.15, 0.2) is 11.5 Å². The Hall–Kier alpha value is -1.47. The number of carboxylic acid groups (broad SMARTS) is 1. The van der Waals surface area contributed by atoms with Crippen molar-refractivity contribution in [1.29, 1.82) is 0 Å². The highest BCUT2D eigenvalue weighted by molar-refractivity contribution is 7.94. The van der Waals surface area contributed by atoms with E-state index in [0.717, 1.165) is 12.1 Å². The largest absolute Gasteiger partial charge is 0.504 e. The van der Waals surface area contributed by atoms with E-state index < -0.39 is 23.5 Å². The van der Waals surface area contributed by atoms with Crippen molar-refractivity contribution in [3.05, 3.63) is 17.7 Å². The number of rotatable bonds is 4. The second-order valence-corrected chi connectivity index (χ2v) is 3.77. The number of phenols is 2. The van der Waals surface area contributed by atoms with Crippen LogP contribution in [0.15, 0.2) is 17.0 Å². The van der Waals surface area contributed by atoms with Crippen LogP contribution in [0.3, 0.4) is 0 Å². The quantitative estimate of drug-likeness (QED) is 0.592. The highest BCUT2D eigenvalue weighted by Gasteiger charge is 2.17. The Morgan fingerprint density at radius 3 is 2.50 bits per heavy atom. The summed E-state index contributed by atoms with van der Waals surface area (Å²) in [5.41, 5.74) is 5.52. The van der Waals surface area contributed by atoms with Gasteiger partial charge in [-0.1, -0.05) is 0 Å². The van der Waals surface area contributed by atoms with Crippen molar-refractivity contribution in [3.63, 3.8) is 0 Å². The van der Waals surface area contributed by atoms with E-state index in [4.69, 9.17) is 15.9 Å². The molecular formula is C9H10FNO4S. The first kappa shape index (κ1) is 12.6. The lowest BCUT2D eigenvalue weighted by atomic mass is 10.1. The topological polar surface area (TPSA) is 104 Å². The van der Waals surface area contributed by atoms with Gasteiger partial charge in [0.1, 0.15) is 6.04 Å². The molecule has 0 aromatic heterocycles. The van der Waals surface area contributed by atoms with Gasteiger partial charge in [-0.2, -0.15) is 3.89 Å². The molecule has 0 bridgehead atoms. The highest BCUT2D eigenvalue weighted by atomic mass is 32.2. The molecule has 0 aliphatic heterocycles. The number of aromatic hydroxyl groups is 2. The second-order valence-electron chi connectivity index (χ2n) is 3.17. The normalized spacial score (nSPS) is 12.4. The summed E-state index contributed by atoms with van der Waals surface area (Å²) in [7, 11) is 0. The Kier molecular flexibility index (Phi) is 3.97. The fourth-order valence-corrected chi connectivity index (χ4v) is 1.55. The third-order valence-corrected chi connectivity index (χ3v) is 2.54. The van der Waals surface area contributed by atoms with Crippen molar-refractivity contribution in [2.75, 3.05) is 0 Å². The Labute approximate surface area is 95.0 Å². The molecule has 7 heteroatoms. The molecule has 0 amide bonds. The third kappa shape index (κ3) is 2.77. The van der Waals surface area contributed by atoms with Crippen LogP contribution >= 0.6 is 12.1 Å². The Morgan fingerprint density at radius 2 is 2.00 bits per heavy atom. The number of aliphatic carboxylic acids is 1. The van der Waals surface area contributed by atoms with Crippen LogP contribution in [-0.2, 0) is 11.2 Å². The summed E-state index contributed by atoms with van der Waals surface area (Å²) in [6, 6.07) is 0.930. The van der Waals surface area contributed by atoms with Crippen LogP contribution in [0.1, 0.15) is 5.56 Å². The first-order chi connectivity index (χ1) is 7.45. The number of benzene rings is 1. The Balaban J connectivity index is 3.03. The van der Waals surface area contributed by atoms with E-state index >= 15 is 0 Å². The number of nitrogens with two attached hydrogens (primary N) is 1. The predicted octanol–water partition coefficient (Wildman–Crippen LogP) is 1.03. The van der Waals surface area contributed by atoms with E-state index in [1.165, 1.54) is 0 Å². The van der Waals surface area contributed by atoms with E-state index in [1.54, 1.807) is 0 Å². The number of phenolic OH excluding ortho intramolecular Hbond substituents is 2. The van der Waals surface area contributed by atoms with E-state index in [-0.39, 0.29) is 29.0 Å². The molecule has 0 aliphatic rings. The lowest BCUT2D eigenvalue weighted by Gasteiger charge is -2.10. The molecule has 0 heterocycles. The molecule has 5 N–H and O–H groups in total. The molecule has 0 spiro atoms. The summed E-state index contributed by atoms with van der Waals surface area (Å²) in [5.74, 6) is -2.12.